The van der Waals surface area contributed by atoms with Crippen LogP contribution in [-0.4, -0.2) is 81.5 Å². The molecule has 24 heavy (non-hydrogen) atoms. The van der Waals surface area contributed by atoms with Crippen LogP contribution < -0.4 is 9.47 Å². The molecule has 0 unspecified atom stereocenters. The van der Waals surface area contributed by atoms with Crippen LogP contribution in [0.15, 0.2) is 18.2 Å². The van der Waals surface area contributed by atoms with E-state index >= 15 is 0 Å². The van der Waals surface area contributed by atoms with E-state index in [1.54, 1.807) is 32.4 Å². The van der Waals surface area contributed by atoms with Crippen molar-refractivity contribution in [2.24, 2.45) is 0 Å². The van der Waals surface area contributed by atoms with Gasteiger partial charge in [-0.25, -0.2) is 0 Å². The van der Waals surface area contributed by atoms with E-state index < -0.39 is 12.0 Å². The summed E-state index contributed by atoms with van der Waals surface area (Å²) in [6, 6.07) is 4.60. The van der Waals surface area contributed by atoms with Crippen LogP contribution in [0.25, 0.3) is 0 Å². The number of piperazine rings is 1. The summed E-state index contributed by atoms with van der Waals surface area (Å²) in [6.07, 6.45) is 0. The molecule has 1 atom stereocenters. The molecule has 0 amide bonds. The molecule has 0 bridgehead atoms. The second-order valence-corrected chi connectivity index (χ2v) is 5.69. The van der Waals surface area contributed by atoms with Crippen molar-refractivity contribution in [2.45, 2.75) is 6.04 Å². The fraction of sp³-hybridized carbons (Fsp3) is 0.588. The lowest BCUT2D eigenvalue weighted by atomic mass is 10.0. The summed E-state index contributed by atoms with van der Waals surface area (Å²) in [4.78, 5) is 16.2. The number of aliphatic carboxylic acids is 1. The molecule has 7 heteroatoms. The minimum Gasteiger partial charge on any atom is -0.493 e. The van der Waals surface area contributed by atoms with Crippen LogP contribution >= 0.6 is 0 Å². The van der Waals surface area contributed by atoms with E-state index in [2.05, 4.69) is 4.90 Å². The molecular formula is C17H26N2O5. The Morgan fingerprint density at radius 1 is 1.17 bits per heavy atom. The van der Waals surface area contributed by atoms with Crippen molar-refractivity contribution < 1.29 is 24.1 Å². The number of carboxylic acids is 1. The molecule has 0 aliphatic carbocycles. The minimum absolute atomic E-state index is 0.481. The van der Waals surface area contributed by atoms with Gasteiger partial charge < -0.3 is 19.3 Å². The first-order chi connectivity index (χ1) is 11.6. The van der Waals surface area contributed by atoms with Crippen molar-refractivity contribution in [3.63, 3.8) is 0 Å². The first kappa shape index (κ1) is 18.5. The van der Waals surface area contributed by atoms with Gasteiger partial charge in [0, 0.05) is 45.4 Å². The van der Waals surface area contributed by atoms with Crippen molar-refractivity contribution in [2.75, 3.05) is 60.7 Å². The summed E-state index contributed by atoms with van der Waals surface area (Å²) in [5, 5.41) is 9.80. The van der Waals surface area contributed by atoms with E-state index in [1.165, 1.54) is 7.11 Å². The number of benzene rings is 1. The number of rotatable bonds is 8. The number of methoxy groups -OCH3 is 3. The Bertz CT molecular complexity index is 544. The molecule has 1 aliphatic rings. The SMILES string of the molecule is COCCN1CCN([C@@H](C(=O)O)c2cccc(OC)c2OC)CC1. The van der Waals surface area contributed by atoms with Gasteiger partial charge in [0.15, 0.2) is 11.5 Å². The summed E-state index contributed by atoms with van der Waals surface area (Å²) in [5.41, 5.74) is 0.620. The number of carboxylic acid groups (broad SMARTS) is 1. The highest BCUT2D eigenvalue weighted by atomic mass is 16.5. The molecule has 2 rings (SSSR count). The number of carbonyl (C=O) groups is 1. The van der Waals surface area contributed by atoms with E-state index in [-0.39, 0.29) is 0 Å². The van der Waals surface area contributed by atoms with Crippen LogP contribution in [0.1, 0.15) is 11.6 Å². The molecule has 1 aromatic rings. The summed E-state index contributed by atoms with van der Waals surface area (Å²) in [7, 11) is 4.76. The van der Waals surface area contributed by atoms with Gasteiger partial charge in [0.25, 0.3) is 0 Å². The van der Waals surface area contributed by atoms with Crippen molar-refractivity contribution in [1.29, 1.82) is 0 Å². The molecular weight excluding hydrogens is 312 g/mol. The number of hydrogen-bond acceptors (Lipinski definition) is 6. The van der Waals surface area contributed by atoms with Gasteiger partial charge in [-0.2, -0.15) is 0 Å². The Morgan fingerprint density at radius 2 is 1.88 bits per heavy atom. The molecule has 1 saturated heterocycles. The van der Waals surface area contributed by atoms with E-state index in [0.29, 0.717) is 36.8 Å². The predicted octanol–water partition coefficient (Wildman–Crippen LogP) is 1.09. The van der Waals surface area contributed by atoms with Gasteiger partial charge in [-0.05, 0) is 6.07 Å². The average Bonchev–Trinajstić information content (AvgIpc) is 2.60. The molecule has 0 aromatic heterocycles. The van der Waals surface area contributed by atoms with Gasteiger partial charge in [-0.1, -0.05) is 12.1 Å². The van der Waals surface area contributed by atoms with Gasteiger partial charge in [0.2, 0.25) is 0 Å². The maximum atomic E-state index is 11.9. The molecule has 1 fully saturated rings. The van der Waals surface area contributed by atoms with Gasteiger partial charge in [0.1, 0.15) is 6.04 Å². The molecule has 1 aliphatic heterocycles. The zero-order valence-electron chi connectivity index (χ0n) is 14.5. The first-order valence-electron chi connectivity index (χ1n) is 8.01. The highest BCUT2D eigenvalue weighted by molar-refractivity contribution is 5.77. The quantitative estimate of drug-likeness (QED) is 0.761. The Hall–Kier alpha value is -1.83. The van der Waals surface area contributed by atoms with Crippen LogP contribution in [0, 0.1) is 0 Å². The van der Waals surface area contributed by atoms with Crippen LogP contribution in [-0.2, 0) is 9.53 Å². The molecule has 134 valence electrons. The Labute approximate surface area is 142 Å². The monoisotopic (exact) mass is 338 g/mol. The van der Waals surface area contributed by atoms with Crippen LogP contribution in [0.4, 0.5) is 0 Å². The van der Waals surface area contributed by atoms with Crippen LogP contribution in [0.3, 0.4) is 0 Å². The van der Waals surface area contributed by atoms with Crippen LogP contribution in [0.2, 0.25) is 0 Å². The summed E-state index contributed by atoms with van der Waals surface area (Å²) in [5.74, 6) is 0.140. The molecule has 0 spiro atoms. The topological polar surface area (TPSA) is 71.5 Å². The smallest absolute Gasteiger partial charge is 0.325 e. The van der Waals surface area contributed by atoms with E-state index in [4.69, 9.17) is 14.2 Å². The summed E-state index contributed by atoms with van der Waals surface area (Å²) in [6.45, 7) is 4.55. The van der Waals surface area contributed by atoms with E-state index in [0.717, 1.165) is 19.6 Å². The van der Waals surface area contributed by atoms with E-state index in [9.17, 15) is 9.90 Å². The molecule has 0 saturated carbocycles. The Balaban J connectivity index is 2.18. The molecule has 0 radical (unpaired) electrons. The third-order valence-electron chi connectivity index (χ3n) is 4.35. The second kappa shape index (κ2) is 8.86. The Kier molecular flexibility index (Phi) is 6.84. The maximum absolute atomic E-state index is 11.9. The largest absolute Gasteiger partial charge is 0.493 e. The van der Waals surface area contributed by atoms with Gasteiger partial charge >= 0.3 is 5.97 Å². The maximum Gasteiger partial charge on any atom is 0.325 e. The average molecular weight is 338 g/mol. The third-order valence-corrected chi connectivity index (χ3v) is 4.35. The Morgan fingerprint density at radius 3 is 2.42 bits per heavy atom. The lowest BCUT2D eigenvalue weighted by Gasteiger charge is -2.38. The van der Waals surface area contributed by atoms with Gasteiger partial charge in [-0.15, -0.1) is 0 Å². The fourth-order valence-electron chi connectivity index (χ4n) is 3.08. The van der Waals surface area contributed by atoms with Gasteiger partial charge in [-0.3, -0.25) is 14.6 Å². The van der Waals surface area contributed by atoms with Crippen molar-refractivity contribution >= 4 is 5.97 Å². The number of ether oxygens (including phenoxy) is 3. The number of hydrogen-bond donors (Lipinski definition) is 1. The zero-order valence-corrected chi connectivity index (χ0v) is 14.5. The van der Waals surface area contributed by atoms with Crippen molar-refractivity contribution in [3.05, 3.63) is 23.8 Å². The molecule has 7 nitrogen and oxygen atoms in total. The normalized spacial score (nSPS) is 17.5. The predicted molar refractivity (Wildman–Crippen MR) is 89.8 cm³/mol. The van der Waals surface area contributed by atoms with Crippen LogP contribution in [0.5, 0.6) is 11.5 Å². The van der Waals surface area contributed by atoms with Crippen molar-refractivity contribution in [3.8, 4) is 11.5 Å². The standard InChI is InChI=1S/C17H26N2O5/c1-22-12-11-18-7-9-19(10-8-18)15(17(20)21)13-5-4-6-14(23-2)16(13)24-3/h4-6,15H,7-12H2,1-3H3,(H,20,21)/t15-/m1/s1. The first-order valence-corrected chi connectivity index (χ1v) is 8.01. The third kappa shape index (κ3) is 4.17. The fourth-order valence-corrected chi connectivity index (χ4v) is 3.08. The van der Waals surface area contributed by atoms with Gasteiger partial charge in [0.05, 0.1) is 20.8 Å². The number of para-hydroxylation sites is 1. The van der Waals surface area contributed by atoms with Crippen molar-refractivity contribution in [1.82, 2.24) is 9.80 Å². The molecule has 1 heterocycles. The number of nitrogens with zero attached hydrogens (tertiary/aromatic N) is 2. The molecule has 1 N–H and O–H groups in total. The summed E-state index contributed by atoms with van der Waals surface area (Å²) < 4.78 is 15.8. The zero-order chi connectivity index (χ0) is 17.5. The lowest BCUT2D eigenvalue weighted by molar-refractivity contribution is -0.144. The lowest BCUT2D eigenvalue weighted by Crippen LogP contribution is -2.49. The minimum atomic E-state index is -0.883. The van der Waals surface area contributed by atoms with E-state index in [1.807, 2.05) is 4.90 Å². The highest BCUT2D eigenvalue weighted by Crippen LogP contribution is 2.37. The highest BCUT2D eigenvalue weighted by Gasteiger charge is 2.33. The molecule has 1 aromatic carbocycles. The summed E-state index contributed by atoms with van der Waals surface area (Å²) >= 11 is 0. The second-order valence-electron chi connectivity index (χ2n) is 5.69.